The zero-order chi connectivity index (χ0) is 14.4. The lowest BCUT2D eigenvalue weighted by molar-refractivity contribution is -0.141. The normalized spacial score (nSPS) is 11.9. The Labute approximate surface area is 116 Å². The Morgan fingerprint density at radius 1 is 1.37 bits per heavy atom. The standard InChI is InChI=1S/C13H16ClNO4/c1-9(13(18)19)8-15(6-7-16)12(17)10-4-2-3-5-11(10)14/h2-5,9,16H,6-8H2,1H3,(H,18,19). The molecule has 104 valence electrons. The average Bonchev–Trinajstić information content (AvgIpc) is 2.37. The summed E-state index contributed by atoms with van der Waals surface area (Å²) in [5.74, 6) is -2.08. The van der Waals surface area contributed by atoms with Gasteiger partial charge in [0, 0.05) is 13.1 Å². The fourth-order valence-corrected chi connectivity index (χ4v) is 1.83. The fourth-order valence-electron chi connectivity index (χ4n) is 1.61. The van der Waals surface area contributed by atoms with E-state index in [1.165, 1.54) is 11.8 Å². The molecule has 1 unspecified atom stereocenters. The van der Waals surface area contributed by atoms with Gasteiger partial charge in [-0.05, 0) is 12.1 Å². The minimum Gasteiger partial charge on any atom is -0.481 e. The molecule has 5 nitrogen and oxygen atoms in total. The van der Waals surface area contributed by atoms with Gasteiger partial charge in [0.1, 0.15) is 0 Å². The van der Waals surface area contributed by atoms with Crippen LogP contribution in [0.5, 0.6) is 0 Å². The third-order valence-corrected chi connectivity index (χ3v) is 3.01. The number of carbonyl (C=O) groups excluding carboxylic acids is 1. The van der Waals surface area contributed by atoms with Gasteiger partial charge in [-0.15, -0.1) is 0 Å². The van der Waals surface area contributed by atoms with E-state index in [-0.39, 0.29) is 25.6 Å². The van der Waals surface area contributed by atoms with Crippen LogP contribution in [0, 0.1) is 5.92 Å². The van der Waals surface area contributed by atoms with Crippen LogP contribution in [0.4, 0.5) is 0 Å². The molecule has 1 atom stereocenters. The molecular weight excluding hydrogens is 270 g/mol. The predicted octanol–water partition coefficient (Wildman–Crippen LogP) is 1.50. The first kappa shape index (κ1) is 15.5. The highest BCUT2D eigenvalue weighted by atomic mass is 35.5. The van der Waals surface area contributed by atoms with Gasteiger partial charge in [-0.2, -0.15) is 0 Å². The summed E-state index contributed by atoms with van der Waals surface area (Å²) in [7, 11) is 0. The van der Waals surface area contributed by atoms with Crippen molar-refractivity contribution >= 4 is 23.5 Å². The van der Waals surface area contributed by atoms with Gasteiger partial charge in [0.2, 0.25) is 0 Å². The molecule has 1 aromatic carbocycles. The number of aliphatic carboxylic acids is 1. The van der Waals surface area contributed by atoms with Gasteiger partial charge in [-0.1, -0.05) is 30.7 Å². The highest BCUT2D eigenvalue weighted by Crippen LogP contribution is 2.17. The summed E-state index contributed by atoms with van der Waals surface area (Å²) >= 11 is 5.94. The summed E-state index contributed by atoms with van der Waals surface area (Å²) < 4.78 is 0. The lowest BCUT2D eigenvalue weighted by atomic mass is 10.1. The van der Waals surface area contributed by atoms with E-state index in [9.17, 15) is 9.59 Å². The molecule has 19 heavy (non-hydrogen) atoms. The summed E-state index contributed by atoms with van der Waals surface area (Å²) in [6, 6.07) is 6.54. The van der Waals surface area contributed by atoms with Crippen molar-refractivity contribution in [3.63, 3.8) is 0 Å². The van der Waals surface area contributed by atoms with E-state index in [2.05, 4.69) is 0 Å². The molecule has 0 aliphatic rings. The minimum atomic E-state index is -0.991. The molecule has 6 heteroatoms. The molecule has 0 heterocycles. The van der Waals surface area contributed by atoms with Crippen LogP contribution in [-0.4, -0.2) is 46.7 Å². The number of halogens is 1. The van der Waals surface area contributed by atoms with Crippen LogP contribution in [0.25, 0.3) is 0 Å². The molecule has 0 saturated heterocycles. The van der Waals surface area contributed by atoms with Gasteiger partial charge in [-0.3, -0.25) is 9.59 Å². The molecule has 0 bridgehead atoms. The summed E-state index contributed by atoms with van der Waals surface area (Å²) in [5.41, 5.74) is 0.301. The zero-order valence-corrected chi connectivity index (χ0v) is 11.3. The second-order valence-corrected chi connectivity index (χ2v) is 4.60. The summed E-state index contributed by atoms with van der Waals surface area (Å²) in [5, 5.41) is 18.2. The average molecular weight is 286 g/mol. The summed E-state index contributed by atoms with van der Waals surface area (Å²) in [6.07, 6.45) is 0. The monoisotopic (exact) mass is 285 g/mol. The topological polar surface area (TPSA) is 77.8 Å². The van der Waals surface area contributed by atoms with Crippen molar-refractivity contribution in [2.75, 3.05) is 19.7 Å². The number of benzene rings is 1. The third kappa shape index (κ3) is 4.22. The summed E-state index contributed by atoms with van der Waals surface area (Å²) in [4.78, 5) is 24.4. The molecule has 0 saturated carbocycles. The first-order chi connectivity index (χ1) is 8.97. The van der Waals surface area contributed by atoms with Gasteiger partial charge in [0.05, 0.1) is 23.1 Å². The van der Waals surface area contributed by atoms with Gasteiger partial charge >= 0.3 is 5.97 Å². The zero-order valence-electron chi connectivity index (χ0n) is 10.5. The van der Waals surface area contributed by atoms with Crippen molar-refractivity contribution in [1.82, 2.24) is 4.90 Å². The highest BCUT2D eigenvalue weighted by molar-refractivity contribution is 6.33. The molecule has 0 fully saturated rings. The van der Waals surface area contributed by atoms with E-state index >= 15 is 0 Å². The van der Waals surface area contributed by atoms with E-state index in [4.69, 9.17) is 21.8 Å². The number of aliphatic hydroxyl groups excluding tert-OH is 1. The van der Waals surface area contributed by atoms with Crippen molar-refractivity contribution in [2.45, 2.75) is 6.92 Å². The van der Waals surface area contributed by atoms with Gasteiger partial charge in [0.15, 0.2) is 0 Å². The molecule has 1 amide bonds. The van der Waals surface area contributed by atoms with Crippen LogP contribution in [0.15, 0.2) is 24.3 Å². The predicted molar refractivity (Wildman–Crippen MR) is 71.2 cm³/mol. The van der Waals surface area contributed by atoms with Gasteiger partial charge in [-0.25, -0.2) is 0 Å². The maximum Gasteiger partial charge on any atom is 0.308 e. The van der Waals surface area contributed by atoms with Crippen molar-refractivity contribution < 1.29 is 19.8 Å². The van der Waals surface area contributed by atoms with Crippen LogP contribution in [0.2, 0.25) is 5.02 Å². The molecule has 1 rings (SSSR count). The van der Waals surface area contributed by atoms with E-state index < -0.39 is 11.9 Å². The molecular formula is C13H16ClNO4. The first-order valence-electron chi connectivity index (χ1n) is 5.84. The number of nitrogens with zero attached hydrogens (tertiary/aromatic N) is 1. The van der Waals surface area contributed by atoms with E-state index in [0.29, 0.717) is 10.6 Å². The number of carboxylic acids is 1. The number of carboxylic acid groups (broad SMARTS) is 1. The smallest absolute Gasteiger partial charge is 0.308 e. The van der Waals surface area contributed by atoms with Crippen LogP contribution in [0.1, 0.15) is 17.3 Å². The first-order valence-corrected chi connectivity index (χ1v) is 6.22. The van der Waals surface area contributed by atoms with Crippen molar-refractivity contribution in [1.29, 1.82) is 0 Å². The second kappa shape index (κ2) is 7.11. The lowest BCUT2D eigenvalue weighted by Crippen LogP contribution is -2.38. The van der Waals surface area contributed by atoms with Crippen LogP contribution < -0.4 is 0 Å². The maximum atomic E-state index is 12.3. The number of hydrogen-bond donors (Lipinski definition) is 2. The Hall–Kier alpha value is -1.59. The molecule has 1 aromatic rings. The van der Waals surface area contributed by atoms with E-state index in [1.54, 1.807) is 24.3 Å². The van der Waals surface area contributed by atoms with E-state index in [1.807, 2.05) is 0 Å². The Morgan fingerprint density at radius 2 is 2.00 bits per heavy atom. The Morgan fingerprint density at radius 3 is 2.53 bits per heavy atom. The Bertz CT molecular complexity index is 464. The van der Waals surface area contributed by atoms with Crippen molar-refractivity contribution in [3.8, 4) is 0 Å². The number of aliphatic hydroxyl groups is 1. The minimum absolute atomic E-state index is 0.0277. The fraction of sp³-hybridized carbons (Fsp3) is 0.385. The van der Waals surface area contributed by atoms with Crippen molar-refractivity contribution in [2.24, 2.45) is 5.92 Å². The number of amides is 1. The van der Waals surface area contributed by atoms with Crippen LogP contribution in [-0.2, 0) is 4.79 Å². The van der Waals surface area contributed by atoms with Crippen LogP contribution >= 0.6 is 11.6 Å². The molecule has 0 spiro atoms. The number of rotatable bonds is 6. The molecule has 0 aromatic heterocycles. The second-order valence-electron chi connectivity index (χ2n) is 4.19. The van der Waals surface area contributed by atoms with Gasteiger partial charge in [0.25, 0.3) is 5.91 Å². The lowest BCUT2D eigenvalue weighted by Gasteiger charge is -2.24. The molecule has 2 N–H and O–H groups in total. The number of carbonyl (C=O) groups is 2. The summed E-state index contributed by atoms with van der Waals surface area (Å²) in [6.45, 7) is 1.37. The Kier molecular flexibility index (Phi) is 5.79. The molecule has 0 aliphatic heterocycles. The Balaban J connectivity index is 2.90. The number of hydrogen-bond acceptors (Lipinski definition) is 3. The largest absolute Gasteiger partial charge is 0.481 e. The maximum absolute atomic E-state index is 12.3. The van der Waals surface area contributed by atoms with Gasteiger partial charge < -0.3 is 15.1 Å². The van der Waals surface area contributed by atoms with E-state index in [0.717, 1.165) is 0 Å². The van der Waals surface area contributed by atoms with Crippen molar-refractivity contribution in [3.05, 3.63) is 34.9 Å². The quantitative estimate of drug-likeness (QED) is 0.830. The SMILES string of the molecule is CC(CN(CCO)C(=O)c1ccccc1Cl)C(=O)O. The highest BCUT2D eigenvalue weighted by Gasteiger charge is 2.22. The molecule has 0 radical (unpaired) electrons. The van der Waals surface area contributed by atoms with Crippen LogP contribution in [0.3, 0.4) is 0 Å². The third-order valence-electron chi connectivity index (χ3n) is 2.68. The molecule has 0 aliphatic carbocycles.